The standard InChI is InChI=1S/C21H21N5O2S.C20H21N5OS.C19H16N4O3S.C18H18N6O3S2.C18H16N4O2S/c1-12(27)9-13-5-4-6-15(10-13)23-21-22-11-14-7-8-16-18(17(14)25-21)24-19(29-16)20(28)26(2)3;1-11-7-12(2)9-14(8-11)22-20-21-10-13-5-6-15-17(16(13)24-20)23-18(27-15)19(26)25(3)4;1-10(24)7-11-3-2-4-13(8-11)21-19-20-9-12-5-6-14-16(15(12)23-19)22-17(27-14)18(25)26;1-24(2)17(25)16-22-15-13(28-16)7-6-10-9-20-18(23-14(10)15)21-11-4-3-5-12(8-11)29(19,26)27;1-9-5-10(2)7-12(6-9)20-18-19-8-11-3-4-13-15(14(11)22-18)21-16(25-13)17(23)24/h4-6,10-11H,7-9H2,1-3H3,(H,22,23,25);7-10H,5-6H2,1-4H3,(H,21,22,24);2-4,8-9H,5-7H2,1H3,(H,25,26)(H,20,21,23);3-5,8-9H,6-7H2,1-2H3,(H2,19,26,27)(H,20,21,23);5-8H,3-4H2,1-2H3,(H,23,24)(H,19,20,22). The molecule has 0 unspecified atom stereocenters. The van der Waals surface area contributed by atoms with Crippen molar-refractivity contribution in [2.24, 2.45) is 5.14 Å². The summed E-state index contributed by atoms with van der Waals surface area (Å²) in [7, 11) is 6.50. The highest BCUT2D eigenvalue weighted by molar-refractivity contribution is 7.89. The number of hydrogen-bond acceptors (Lipinski definition) is 34. The lowest BCUT2D eigenvalue weighted by Gasteiger charge is -2.15. The molecule has 0 spiro atoms. The first-order valence-corrected chi connectivity index (χ1v) is 48.9. The van der Waals surface area contributed by atoms with E-state index in [1.165, 1.54) is 89.7 Å². The lowest BCUT2D eigenvalue weighted by atomic mass is 10.00. The number of carbonyl (C=O) groups excluding carboxylic acids is 5. The van der Waals surface area contributed by atoms with Gasteiger partial charge in [-0.05, 0) is 234 Å². The summed E-state index contributed by atoms with van der Waals surface area (Å²) in [5.74, 6) is 0.0927. The predicted molar refractivity (Wildman–Crippen MR) is 528 cm³/mol. The van der Waals surface area contributed by atoms with E-state index in [0.29, 0.717) is 91.8 Å². The van der Waals surface area contributed by atoms with Crippen LogP contribution in [0.4, 0.5) is 58.2 Å². The fourth-order valence-electron chi connectivity index (χ4n) is 15.7. The second-order valence-electron chi connectivity index (χ2n) is 33.6. The molecule has 5 aliphatic rings. The molecule has 41 heteroatoms. The van der Waals surface area contributed by atoms with Crippen LogP contribution in [0.25, 0.3) is 56.9 Å². The molecule has 137 heavy (non-hydrogen) atoms. The molecule has 5 aliphatic carbocycles. The van der Waals surface area contributed by atoms with Crippen molar-refractivity contribution >= 4 is 166 Å². The molecule has 3 amide bonds. The average molecular weight is 1950 g/mol. The van der Waals surface area contributed by atoms with Crippen molar-refractivity contribution in [3.8, 4) is 56.9 Å². The maximum Gasteiger partial charge on any atom is 0.365 e. The summed E-state index contributed by atoms with van der Waals surface area (Å²) in [5, 5.41) is 41.1. The van der Waals surface area contributed by atoms with E-state index in [1.54, 1.807) is 91.8 Å². The summed E-state index contributed by atoms with van der Waals surface area (Å²) in [4.78, 5) is 159. The summed E-state index contributed by atoms with van der Waals surface area (Å²) in [6.07, 6.45) is 17.8. The number of thiazole rings is 5. The van der Waals surface area contributed by atoms with Gasteiger partial charge in [-0.3, -0.25) is 24.0 Å². The molecule has 15 aromatic rings. The molecular formula is C96H92N24O11S6. The Bertz CT molecular complexity index is 7390. The minimum Gasteiger partial charge on any atom is -0.476 e. The maximum atomic E-state index is 12.3. The second-order valence-corrected chi connectivity index (χ2v) is 40.6. The van der Waals surface area contributed by atoms with Crippen LogP contribution in [0.1, 0.15) is 148 Å². The Morgan fingerprint density at radius 2 is 0.577 bits per heavy atom. The van der Waals surface area contributed by atoms with Crippen molar-refractivity contribution in [2.75, 3.05) is 68.9 Å². The molecule has 5 aromatic carbocycles. The van der Waals surface area contributed by atoms with Gasteiger partial charge in [0.15, 0.2) is 15.0 Å². The Morgan fingerprint density at radius 3 is 0.832 bits per heavy atom. The number of nitrogens with two attached hydrogens (primary N) is 1. The number of aromatic carboxylic acids is 2. The van der Waals surface area contributed by atoms with Crippen LogP contribution in [0.3, 0.4) is 0 Å². The molecule has 10 aromatic heterocycles. The average Bonchev–Trinajstić information content (AvgIpc) is 1.61. The van der Waals surface area contributed by atoms with Crippen molar-refractivity contribution in [2.45, 2.75) is 123 Å². The van der Waals surface area contributed by atoms with Gasteiger partial charge in [0.2, 0.25) is 49.8 Å². The van der Waals surface area contributed by atoms with E-state index in [0.717, 1.165) is 190 Å². The number of fused-ring (bicyclic) bond motifs is 15. The number of amides is 3. The predicted octanol–water partition coefficient (Wildman–Crippen LogP) is 15.9. The SMILES string of the molecule is CC(=O)Cc1cccc(Nc2ncc3c(n2)-c2nc(C(=O)N(C)C)sc2CC3)c1.CC(=O)Cc1cccc(Nc2ncc3c(n2)-c2nc(C(=O)O)sc2CC3)c1.CN(C)C(=O)c1nc2c(s1)CCc1cnc(Nc3cccc(S(N)(=O)=O)c3)nc1-2.Cc1cc(C)cc(Nc2ncc3c(n2)-c2nc(C(=O)N(C)C)sc2CC3)c1.Cc1cc(C)cc(Nc2ncc3c(n2)-c2nc(C(=O)O)sc2CC3)c1. The summed E-state index contributed by atoms with van der Waals surface area (Å²) in [6.45, 7) is 11.4. The largest absolute Gasteiger partial charge is 0.476 e. The topological polar surface area (TPSA) is 483 Å². The minimum absolute atomic E-state index is 0.00547. The fraction of sp³-hybridized carbons (Fsp3) is 0.250. The number of sulfonamides is 1. The summed E-state index contributed by atoms with van der Waals surface area (Å²) in [5.41, 5.74) is 22.8. The van der Waals surface area contributed by atoms with Gasteiger partial charge in [-0.1, -0.05) is 42.5 Å². The third-order valence-electron chi connectivity index (χ3n) is 21.8. The molecule has 35 nitrogen and oxygen atoms in total. The number of anilines is 10. The maximum absolute atomic E-state index is 12.3. The number of nitrogens with one attached hydrogen (secondary N) is 5. The zero-order chi connectivity index (χ0) is 96.9. The second kappa shape index (κ2) is 40.8. The number of ketones is 2. The van der Waals surface area contributed by atoms with Gasteiger partial charge in [-0.25, -0.2) is 97.9 Å². The number of Topliss-reactive ketones (excluding diaryl/α,β-unsaturated/α-hetero) is 2. The summed E-state index contributed by atoms with van der Waals surface area (Å²) < 4.78 is 23.1. The van der Waals surface area contributed by atoms with Crippen molar-refractivity contribution in [1.29, 1.82) is 0 Å². The smallest absolute Gasteiger partial charge is 0.365 e. The number of primary sulfonamides is 1. The van der Waals surface area contributed by atoms with E-state index >= 15 is 0 Å². The zero-order valence-electron chi connectivity index (χ0n) is 76.4. The first-order chi connectivity index (χ1) is 65.5. The molecule has 0 saturated carbocycles. The number of hydrogen-bond donors (Lipinski definition) is 8. The molecule has 10 heterocycles. The van der Waals surface area contributed by atoms with E-state index in [2.05, 4.69) is 134 Å². The number of benzene rings is 5. The Hall–Kier alpha value is -14.8. The van der Waals surface area contributed by atoms with Crippen molar-refractivity contribution < 1.29 is 52.2 Å². The van der Waals surface area contributed by atoms with Crippen LogP contribution in [0, 0.1) is 27.7 Å². The highest BCUT2D eigenvalue weighted by atomic mass is 32.2. The van der Waals surface area contributed by atoms with Gasteiger partial charge >= 0.3 is 11.9 Å². The van der Waals surface area contributed by atoms with E-state index in [4.69, 9.17) is 10.1 Å². The molecule has 698 valence electrons. The Labute approximate surface area is 807 Å². The lowest BCUT2D eigenvalue weighted by Crippen LogP contribution is -2.21. The quantitative estimate of drug-likeness (QED) is 0.0351. The highest BCUT2D eigenvalue weighted by Crippen LogP contribution is 2.43. The molecule has 0 fully saturated rings. The summed E-state index contributed by atoms with van der Waals surface area (Å²) >= 11 is 6.72. The van der Waals surface area contributed by atoms with E-state index < -0.39 is 22.0 Å². The van der Waals surface area contributed by atoms with Gasteiger partial charge in [0, 0.05) is 139 Å². The van der Waals surface area contributed by atoms with Crippen LogP contribution >= 0.6 is 56.7 Å². The summed E-state index contributed by atoms with van der Waals surface area (Å²) in [6, 6.07) is 33.7. The first-order valence-electron chi connectivity index (χ1n) is 43.2. The minimum atomic E-state index is -3.81. The Balaban J connectivity index is 0.000000124. The molecule has 0 radical (unpaired) electrons. The van der Waals surface area contributed by atoms with Gasteiger partial charge < -0.3 is 51.5 Å². The van der Waals surface area contributed by atoms with Crippen LogP contribution in [-0.4, -0.2) is 192 Å². The highest BCUT2D eigenvalue weighted by Gasteiger charge is 2.33. The molecule has 9 N–H and O–H groups in total. The molecule has 0 atom stereocenters. The van der Waals surface area contributed by atoms with E-state index in [-0.39, 0.29) is 44.2 Å². The van der Waals surface area contributed by atoms with Gasteiger partial charge in [0.25, 0.3) is 17.7 Å². The molecule has 0 aliphatic heterocycles. The Kier molecular flexibility index (Phi) is 28.4. The van der Waals surface area contributed by atoms with E-state index in [1.807, 2.05) is 86.9 Å². The van der Waals surface area contributed by atoms with Gasteiger partial charge in [-0.15, -0.1) is 56.7 Å². The fourth-order valence-corrected chi connectivity index (χ4v) is 21.3. The lowest BCUT2D eigenvalue weighted by molar-refractivity contribution is -0.117. The first kappa shape index (κ1) is 95.4. The zero-order valence-corrected chi connectivity index (χ0v) is 81.3. The van der Waals surface area contributed by atoms with Gasteiger partial charge in [0.1, 0.15) is 40.0 Å². The van der Waals surface area contributed by atoms with Crippen LogP contribution in [0.5, 0.6) is 0 Å². The van der Waals surface area contributed by atoms with Crippen molar-refractivity contribution in [3.05, 3.63) is 251 Å². The van der Waals surface area contributed by atoms with Crippen molar-refractivity contribution in [3.63, 3.8) is 0 Å². The van der Waals surface area contributed by atoms with Crippen LogP contribution in [-0.2, 0) is 96.7 Å². The molecule has 0 bridgehead atoms. The number of carboxylic acid groups (broad SMARTS) is 2. The molecule has 0 saturated heterocycles. The van der Waals surface area contributed by atoms with Crippen LogP contribution < -0.4 is 31.7 Å². The number of aromatic nitrogens is 15. The monoisotopic (exact) mass is 1950 g/mol. The number of rotatable bonds is 20. The van der Waals surface area contributed by atoms with Gasteiger partial charge in [0.05, 0.1) is 33.4 Å². The number of aryl methyl sites for hydroxylation is 14. The Morgan fingerprint density at radius 1 is 0.328 bits per heavy atom. The molecular weight excluding hydrogens is 1860 g/mol. The molecule has 20 rings (SSSR count). The number of nitrogens with zero attached hydrogens (tertiary/aromatic N) is 18. The number of carboxylic acids is 2. The van der Waals surface area contributed by atoms with E-state index in [9.17, 15) is 52.2 Å². The van der Waals surface area contributed by atoms with Crippen LogP contribution in [0.15, 0.2) is 145 Å². The third kappa shape index (κ3) is 22.8. The van der Waals surface area contributed by atoms with Gasteiger partial charge in [-0.2, -0.15) is 0 Å². The number of carbonyl (C=O) groups is 7. The van der Waals surface area contributed by atoms with Crippen molar-refractivity contribution in [1.82, 2.24) is 89.5 Å². The third-order valence-corrected chi connectivity index (χ3v) is 28.2. The normalized spacial score (nSPS) is 12.4. The van der Waals surface area contributed by atoms with Crippen LogP contribution in [0.2, 0.25) is 0 Å².